The number of aryl methyl sites for hydroxylation is 2. The maximum absolute atomic E-state index is 13.2. The van der Waals surface area contributed by atoms with E-state index in [1.807, 2.05) is 20.8 Å². The highest BCUT2D eigenvalue weighted by molar-refractivity contribution is 7.14. The van der Waals surface area contributed by atoms with Gasteiger partial charge in [-0.25, -0.2) is 4.98 Å². The third-order valence-corrected chi connectivity index (χ3v) is 5.54. The summed E-state index contributed by atoms with van der Waals surface area (Å²) in [7, 11) is 0. The lowest BCUT2D eigenvalue weighted by atomic mass is 9.99. The van der Waals surface area contributed by atoms with Crippen LogP contribution in [0.1, 0.15) is 52.4 Å². The fourth-order valence-corrected chi connectivity index (χ4v) is 4.15. The minimum atomic E-state index is -0.768. The topological polar surface area (TPSA) is 92.9 Å². The highest BCUT2D eigenvalue weighted by atomic mass is 32.1. The second-order valence-corrected chi connectivity index (χ2v) is 8.13. The van der Waals surface area contributed by atoms with E-state index in [9.17, 15) is 14.7 Å². The average molecular weight is 404 g/mol. The number of Topliss-reactive ketones (excluding diaryl/α,β-unsaturated/α-hetero) is 1. The lowest BCUT2D eigenvalue weighted by Crippen LogP contribution is -2.32. The molecule has 0 fully saturated rings. The van der Waals surface area contributed by atoms with Gasteiger partial charge in [0.15, 0.2) is 5.76 Å². The fourth-order valence-electron chi connectivity index (χ4n) is 3.28. The van der Waals surface area contributed by atoms with Crippen molar-refractivity contribution in [3.05, 3.63) is 51.1 Å². The zero-order valence-corrected chi connectivity index (χ0v) is 17.2. The number of amides is 1. The predicted molar refractivity (Wildman–Crippen MR) is 104 cm³/mol. The van der Waals surface area contributed by atoms with E-state index in [0.29, 0.717) is 35.9 Å². The molecule has 0 bridgehead atoms. The molecule has 150 valence electrons. The van der Waals surface area contributed by atoms with Gasteiger partial charge in [0.2, 0.25) is 5.78 Å². The number of ether oxygens (including phenoxy) is 1. The molecule has 1 unspecified atom stereocenters. The van der Waals surface area contributed by atoms with Gasteiger partial charge >= 0.3 is 0 Å². The standard InChI is InChI=1S/C20H24N2O5S/c1-11(2)26-10-6-8-22-16(14-7-5-9-27-14)15(18(24)20(22)25)17(23)19-12(3)21-13(4)28-19/h5,7,9,11,16,24H,6,8,10H2,1-4H3. The molecule has 1 amide bonds. The average Bonchev–Trinajstić information content (AvgIpc) is 3.32. The number of ketones is 1. The summed E-state index contributed by atoms with van der Waals surface area (Å²) in [6.07, 6.45) is 2.16. The van der Waals surface area contributed by atoms with Crippen LogP contribution in [0.4, 0.5) is 0 Å². The van der Waals surface area contributed by atoms with E-state index in [1.165, 1.54) is 22.5 Å². The van der Waals surface area contributed by atoms with Crippen LogP contribution in [0.15, 0.2) is 34.1 Å². The van der Waals surface area contributed by atoms with Crippen LogP contribution in [0.2, 0.25) is 0 Å². The van der Waals surface area contributed by atoms with Crippen molar-refractivity contribution in [3.63, 3.8) is 0 Å². The second-order valence-electron chi connectivity index (χ2n) is 6.93. The molecule has 1 atom stereocenters. The van der Waals surface area contributed by atoms with Crippen molar-refractivity contribution in [1.29, 1.82) is 0 Å². The Morgan fingerprint density at radius 2 is 2.18 bits per heavy atom. The van der Waals surface area contributed by atoms with Gasteiger partial charge in [-0.15, -0.1) is 11.3 Å². The van der Waals surface area contributed by atoms with E-state index in [1.54, 1.807) is 19.1 Å². The van der Waals surface area contributed by atoms with E-state index < -0.39 is 23.5 Å². The summed E-state index contributed by atoms with van der Waals surface area (Å²) in [5, 5.41) is 11.3. The zero-order chi connectivity index (χ0) is 20.4. The number of nitrogens with zero attached hydrogens (tertiary/aromatic N) is 2. The minimum Gasteiger partial charge on any atom is -0.503 e. The van der Waals surface area contributed by atoms with E-state index in [4.69, 9.17) is 9.15 Å². The SMILES string of the molecule is Cc1nc(C)c(C(=O)C2=C(O)C(=O)N(CCCOC(C)C)C2c2ccco2)s1. The molecule has 0 saturated heterocycles. The van der Waals surface area contributed by atoms with E-state index >= 15 is 0 Å². The Balaban J connectivity index is 1.92. The first-order valence-corrected chi connectivity index (χ1v) is 10.0. The Morgan fingerprint density at radius 1 is 1.43 bits per heavy atom. The number of carbonyl (C=O) groups excluding carboxylic acids is 2. The Bertz CT molecular complexity index is 898. The third kappa shape index (κ3) is 3.88. The lowest BCUT2D eigenvalue weighted by molar-refractivity contribution is -0.129. The summed E-state index contributed by atoms with van der Waals surface area (Å²) in [6.45, 7) is 8.25. The van der Waals surface area contributed by atoms with Crippen LogP contribution in [-0.4, -0.2) is 45.9 Å². The molecule has 0 spiro atoms. The summed E-state index contributed by atoms with van der Waals surface area (Å²) < 4.78 is 11.0. The third-order valence-electron chi connectivity index (χ3n) is 4.47. The molecule has 28 heavy (non-hydrogen) atoms. The number of thiazole rings is 1. The Hall–Kier alpha value is -2.45. The van der Waals surface area contributed by atoms with Gasteiger partial charge in [0.05, 0.1) is 33.5 Å². The van der Waals surface area contributed by atoms with Gasteiger partial charge in [0.1, 0.15) is 11.8 Å². The quantitative estimate of drug-likeness (QED) is 0.532. The second kappa shape index (κ2) is 8.28. The van der Waals surface area contributed by atoms with Gasteiger partial charge in [0.25, 0.3) is 5.91 Å². The van der Waals surface area contributed by atoms with E-state index in [-0.39, 0.29) is 11.7 Å². The Morgan fingerprint density at radius 3 is 2.75 bits per heavy atom. The zero-order valence-electron chi connectivity index (χ0n) is 16.4. The number of carbonyl (C=O) groups is 2. The Labute approximate surface area is 167 Å². The van der Waals surface area contributed by atoms with Crippen molar-refractivity contribution in [2.45, 2.75) is 46.3 Å². The first-order valence-electron chi connectivity index (χ1n) is 9.19. The number of furan rings is 1. The van der Waals surface area contributed by atoms with Gasteiger partial charge in [-0.05, 0) is 46.2 Å². The first kappa shape index (κ1) is 20.3. The predicted octanol–water partition coefficient (Wildman–Crippen LogP) is 3.75. The van der Waals surface area contributed by atoms with Gasteiger partial charge in [-0.2, -0.15) is 0 Å². The molecule has 0 saturated carbocycles. The molecule has 2 aromatic heterocycles. The molecule has 7 nitrogen and oxygen atoms in total. The van der Waals surface area contributed by atoms with Crippen molar-refractivity contribution in [1.82, 2.24) is 9.88 Å². The molecule has 1 aliphatic rings. The fraction of sp³-hybridized carbons (Fsp3) is 0.450. The van der Waals surface area contributed by atoms with Crippen LogP contribution in [0, 0.1) is 13.8 Å². The Kier molecular flexibility index (Phi) is 6.00. The number of aliphatic hydroxyl groups excluding tert-OH is 1. The smallest absolute Gasteiger partial charge is 0.290 e. The van der Waals surface area contributed by atoms with Crippen molar-refractivity contribution in [2.24, 2.45) is 0 Å². The highest BCUT2D eigenvalue weighted by Crippen LogP contribution is 2.40. The van der Waals surface area contributed by atoms with Gasteiger partial charge in [0, 0.05) is 13.2 Å². The molecule has 3 rings (SSSR count). The van der Waals surface area contributed by atoms with Gasteiger partial charge < -0.3 is 19.2 Å². The molecular weight excluding hydrogens is 380 g/mol. The van der Waals surface area contributed by atoms with Crippen LogP contribution >= 0.6 is 11.3 Å². The molecule has 0 aromatic carbocycles. The number of rotatable bonds is 8. The molecular formula is C20H24N2O5S. The van der Waals surface area contributed by atoms with Crippen molar-refractivity contribution >= 4 is 23.0 Å². The molecule has 2 aromatic rings. The largest absolute Gasteiger partial charge is 0.503 e. The van der Waals surface area contributed by atoms with Gasteiger partial charge in [-0.1, -0.05) is 0 Å². The molecule has 8 heteroatoms. The highest BCUT2D eigenvalue weighted by Gasteiger charge is 2.45. The van der Waals surface area contributed by atoms with Crippen LogP contribution < -0.4 is 0 Å². The summed E-state index contributed by atoms with van der Waals surface area (Å²) in [6, 6.07) is 2.63. The van der Waals surface area contributed by atoms with Crippen molar-refractivity contribution < 1.29 is 23.8 Å². The monoisotopic (exact) mass is 404 g/mol. The van der Waals surface area contributed by atoms with Crippen LogP contribution in [0.5, 0.6) is 0 Å². The molecule has 0 aliphatic carbocycles. The molecule has 1 N–H and O–H groups in total. The first-order chi connectivity index (χ1) is 13.3. The summed E-state index contributed by atoms with van der Waals surface area (Å²) in [5.74, 6) is -1.06. The van der Waals surface area contributed by atoms with Crippen LogP contribution in [-0.2, 0) is 9.53 Å². The van der Waals surface area contributed by atoms with Crippen molar-refractivity contribution in [3.8, 4) is 0 Å². The number of hydrogen-bond acceptors (Lipinski definition) is 7. The summed E-state index contributed by atoms with van der Waals surface area (Å²) in [5.41, 5.74) is 0.624. The number of aliphatic hydroxyl groups is 1. The normalized spacial score (nSPS) is 17.2. The number of aromatic nitrogens is 1. The number of hydrogen-bond donors (Lipinski definition) is 1. The summed E-state index contributed by atoms with van der Waals surface area (Å²) >= 11 is 1.25. The van der Waals surface area contributed by atoms with E-state index in [2.05, 4.69) is 4.98 Å². The summed E-state index contributed by atoms with van der Waals surface area (Å²) in [4.78, 5) is 32.1. The molecule has 1 aliphatic heterocycles. The van der Waals surface area contributed by atoms with Crippen molar-refractivity contribution in [2.75, 3.05) is 13.2 Å². The molecule has 0 radical (unpaired) electrons. The van der Waals surface area contributed by atoms with Crippen LogP contribution in [0.25, 0.3) is 0 Å². The van der Waals surface area contributed by atoms with Gasteiger partial charge in [-0.3, -0.25) is 9.59 Å². The minimum absolute atomic E-state index is 0.0384. The van der Waals surface area contributed by atoms with E-state index in [0.717, 1.165) is 5.01 Å². The maximum atomic E-state index is 13.2. The molecule has 3 heterocycles. The maximum Gasteiger partial charge on any atom is 0.290 e. The lowest BCUT2D eigenvalue weighted by Gasteiger charge is -2.25. The van der Waals surface area contributed by atoms with Crippen LogP contribution in [0.3, 0.4) is 0 Å².